The Labute approximate surface area is 118 Å². The first-order valence-electron chi connectivity index (χ1n) is 6.19. The summed E-state index contributed by atoms with van der Waals surface area (Å²) in [5.74, 6) is -0.750. The van der Waals surface area contributed by atoms with Crippen molar-refractivity contribution in [2.75, 3.05) is 12.3 Å². The molecule has 2 aromatic rings. The molecule has 1 aliphatic rings. The third-order valence-electron chi connectivity index (χ3n) is 3.40. The van der Waals surface area contributed by atoms with Gasteiger partial charge in [0, 0.05) is 18.9 Å². The van der Waals surface area contributed by atoms with E-state index in [1.54, 1.807) is 6.20 Å². The maximum Gasteiger partial charge on any atom is 0.266 e. The molecular formula is C12H13N5O2S. The second kappa shape index (κ2) is 4.71. The fraction of sp³-hybridized carbons (Fsp3) is 0.333. The summed E-state index contributed by atoms with van der Waals surface area (Å²) >= 11 is 1.19. The molecule has 1 unspecified atom stereocenters. The molecule has 3 rings (SSSR count). The molecule has 0 aliphatic carbocycles. The first-order chi connectivity index (χ1) is 9.59. The van der Waals surface area contributed by atoms with Crippen molar-refractivity contribution in [1.29, 1.82) is 0 Å². The zero-order valence-electron chi connectivity index (χ0n) is 10.6. The molecule has 0 radical (unpaired) electrons. The lowest BCUT2D eigenvalue weighted by molar-refractivity contribution is -0.121. The molecule has 104 valence electrons. The van der Waals surface area contributed by atoms with Gasteiger partial charge in [-0.1, -0.05) is 0 Å². The highest BCUT2D eigenvalue weighted by atomic mass is 32.1. The van der Waals surface area contributed by atoms with Gasteiger partial charge in [0.05, 0.1) is 5.69 Å². The number of carbonyl (C=O) groups is 2. The number of hydrogen-bond acceptors (Lipinski definition) is 6. The van der Waals surface area contributed by atoms with Gasteiger partial charge in [0.25, 0.3) is 5.91 Å². The van der Waals surface area contributed by atoms with E-state index in [1.165, 1.54) is 22.4 Å². The molecule has 1 aliphatic heterocycles. The topological polar surface area (TPSA) is 115 Å². The van der Waals surface area contributed by atoms with Crippen LogP contribution in [0.2, 0.25) is 0 Å². The van der Waals surface area contributed by atoms with Gasteiger partial charge in [-0.2, -0.15) is 0 Å². The van der Waals surface area contributed by atoms with Crippen LogP contribution in [-0.4, -0.2) is 39.3 Å². The number of amides is 2. The number of rotatable bonds is 2. The van der Waals surface area contributed by atoms with Crippen molar-refractivity contribution in [3.05, 3.63) is 17.3 Å². The number of likely N-dealkylation sites (tertiary alicyclic amines) is 1. The van der Waals surface area contributed by atoms with Gasteiger partial charge in [-0.05, 0) is 12.8 Å². The number of fused-ring (bicyclic) bond motifs is 1. The van der Waals surface area contributed by atoms with Crippen molar-refractivity contribution in [3.63, 3.8) is 0 Å². The Morgan fingerprint density at radius 3 is 2.80 bits per heavy atom. The first kappa shape index (κ1) is 12.8. The lowest BCUT2D eigenvalue weighted by Crippen LogP contribution is -2.43. The van der Waals surface area contributed by atoms with Crippen molar-refractivity contribution in [3.8, 4) is 0 Å². The van der Waals surface area contributed by atoms with Gasteiger partial charge in [0.15, 0.2) is 0 Å². The van der Waals surface area contributed by atoms with E-state index in [2.05, 4.69) is 9.97 Å². The smallest absolute Gasteiger partial charge is 0.266 e. The second-order valence-electron chi connectivity index (χ2n) is 4.61. The van der Waals surface area contributed by atoms with E-state index >= 15 is 0 Å². The highest BCUT2D eigenvalue weighted by Crippen LogP contribution is 2.33. The van der Waals surface area contributed by atoms with Crippen LogP contribution in [0.25, 0.3) is 10.3 Å². The number of nitrogens with two attached hydrogens (primary N) is 2. The van der Waals surface area contributed by atoms with Gasteiger partial charge < -0.3 is 16.4 Å². The molecule has 1 atom stereocenters. The zero-order valence-corrected chi connectivity index (χ0v) is 11.4. The summed E-state index contributed by atoms with van der Waals surface area (Å²) in [4.78, 5) is 34.7. The van der Waals surface area contributed by atoms with E-state index in [4.69, 9.17) is 11.5 Å². The minimum Gasteiger partial charge on any atom is -0.396 e. The van der Waals surface area contributed by atoms with Crippen molar-refractivity contribution < 1.29 is 9.59 Å². The number of nitrogen functional groups attached to an aromatic ring is 1. The SMILES string of the molecule is NC(=O)C1CCCN1C(=O)c1sc2nccnc2c1N. The number of nitrogens with zero attached hydrogens (tertiary/aromatic N) is 3. The lowest BCUT2D eigenvalue weighted by atomic mass is 10.2. The minimum atomic E-state index is -0.548. The number of carbonyl (C=O) groups excluding carboxylic acids is 2. The van der Waals surface area contributed by atoms with Crippen LogP contribution in [0, 0.1) is 0 Å². The summed E-state index contributed by atoms with van der Waals surface area (Å²) in [6.07, 6.45) is 4.44. The maximum atomic E-state index is 12.5. The third kappa shape index (κ3) is 1.88. The fourth-order valence-electron chi connectivity index (χ4n) is 2.44. The predicted octanol–water partition coefficient (Wildman–Crippen LogP) is 0.363. The Balaban J connectivity index is 2.00. The van der Waals surface area contributed by atoms with E-state index in [1.807, 2.05) is 0 Å². The Morgan fingerprint density at radius 1 is 1.35 bits per heavy atom. The Kier molecular flexibility index (Phi) is 3.01. The van der Waals surface area contributed by atoms with Crippen LogP contribution in [0.1, 0.15) is 22.5 Å². The summed E-state index contributed by atoms with van der Waals surface area (Å²) in [6, 6.07) is -0.548. The number of anilines is 1. The molecule has 0 bridgehead atoms. The predicted molar refractivity (Wildman–Crippen MR) is 75.1 cm³/mol. The van der Waals surface area contributed by atoms with E-state index < -0.39 is 11.9 Å². The normalized spacial score (nSPS) is 18.6. The summed E-state index contributed by atoms with van der Waals surface area (Å²) in [6.45, 7) is 0.515. The van der Waals surface area contributed by atoms with Gasteiger partial charge in [-0.15, -0.1) is 11.3 Å². The lowest BCUT2D eigenvalue weighted by Gasteiger charge is -2.21. The number of thiophene rings is 1. The molecule has 7 nitrogen and oxygen atoms in total. The van der Waals surface area contributed by atoms with Crippen LogP contribution in [0.5, 0.6) is 0 Å². The molecule has 1 fully saturated rings. The quantitative estimate of drug-likeness (QED) is 0.829. The molecule has 3 heterocycles. The van der Waals surface area contributed by atoms with E-state index in [9.17, 15) is 9.59 Å². The average molecular weight is 291 g/mol. The number of aromatic nitrogens is 2. The van der Waals surface area contributed by atoms with Crippen LogP contribution in [-0.2, 0) is 4.79 Å². The van der Waals surface area contributed by atoms with Gasteiger partial charge >= 0.3 is 0 Å². The summed E-state index contributed by atoms with van der Waals surface area (Å²) in [7, 11) is 0. The van der Waals surface area contributed by atoms with E-state index in [0.29, 0.717) is 33.9 Å². The first-order valence-corrected chi connectivity index (χ1v) is 7.00. The highest BCUT2D eigenvalue weighted by Gasteiger charge is 2.35. The monoisotopic (exact) mass is 291 g/mol. The van der Waals surface area contributed by atoms with Crippen molar-refractivity contribution in [2.24, 2.45) is 5.73 Å². The summed E-state index contributed by atoms with van der Waals surface area (Å²) in [5, 5.41) is 0. The molecule has 1 saturated heterocycles. The van der Waals surface area contributed by atoms with Gasteiger partial charge in [-0.3, -0.25) is 9.59 Å². The molecule has 8 heteroatoms. The number of primary amides is 1. The van der Waals surface area contributed by atoms with Crippen molar-refractivity contribution >= 4 is 39.2 Å². The largest absolute Gasteiger partial charge is 0.396 e. The van der Waals surface area contributed by atoms with Crippen LogP contribution >= 0.6 is 11.3 Å². The molecule has 0 saturated carbocycles. The second-order valence-corrected chi connectivity index (χ2v) is 5.61. The van der Waals surface area contributed by atoms with E-state index in [-0.39, 0.29) is 5.91 Å². The molecule has 4 N–H and O–H groups in total. The van der Waals surface area contributed by atoms with Gasteiger partial charge in [0.1, 0.15) is 21.3 Å². The Bertz CT molecular complexity index is 698. The minimum absolute atomic E-state index is 0.270. The zero-order chi connectivity index (χ0) is 14.3. The van der Waals surface area contributed by atoms with E-state index in [0.717, 1.165) is 6.42 Å². The van der Waals surface area contributed by atoms with Crippen LogP contribution < -0.4 is 11.5 Å². The van der Waals surface area contributed by atoms with Crippen LogP contribution in [0.4, 0.5) is 5.69 Å². The summed E-state index contributed by atoms with van der Waals surface area (Å²) < 4.78 is 0. The van der Waals surface area contributed by atoms with Gasteiger partial charge in [-0.25, -0.2) is 9.97 Å². The fourth-order valence-corrected chi connectivity index (χ4v) is 3.42. The standard InChI is InChI=1S/C12H13N5O2S/c13-7-8-11(16-4-3-15-8)20-9(7)12(19)17-5-1-2-6(17)10(14)18/h3-4,6H,1-2,5,13H2,(H2,14,18). The third-order valence-corrected chi connectivity index (χ3v) is 4.49. The maximum absolute atomic E-state index is 12.5. The van der Waals surface area contributed by atoms with Crippen molar-refractivity contribution in [2.45, 2.75) is 18.9 Å². The number of hydrogen-bond donors (Lipinski definition) is 2. The highest BCUT2D eigenvalue weighted by molar-refractivity contribution is 7.21. The van der Waals surface area contributed by atoms with Crippen LogP contribution in [0.3, 0.4) is 0 Å². The molecule has 0 spiro atoms. The molecule has 2 amide bonds. The average Bonchev–Trinajstić information content (AvgIpc) is 3.04. The molecule has 2 aromatic heterocycles. The summed E-state index contributed by atoms with van der Waals surface area (Å²) in [5.41, 5.74) is 12.1. The van der Waals surface area contributed by atoms with Gasteiger partial charge in [0.2, 0.25) is 5.91 Å². The molecule has 20 heavy (non-hydrogen) atoms. The van der Waals surface area contributed by atoms with Crippen LogP contribution in [0.15, 0.2) is 12.4 Å². The molecular weight excluding hydrogens is 278 g/mol. The Hall–Kier alpha value is -2.22. The van der Waals surface area contributed by atoms with Crippen molar-refractivity contribution in [1.82, 2.24) is 14.9 Å². The Morgan fingerprint density at radius 2 is 2.10 bits per heavy atom. The molecule has 0 aromatic carbocycles.